The van der Waals surface area contributed by atoms with Gasteiger partial charge in [-0.05, 0) is 24.1 Å². The van der Waals surface area contributed by atoms with Crippen LogP contribution in [0.2, 0.25) is 0 Å². The third-order valence-corrected chi connectivity index (χ3v) is 2.53. The van der Waals surface area contributed by atoms with Gasteiger partial charge in [0.25, 0.3) is 0 Å². The number of carboxylic acids is 1. The summed E-state index contributed by atoms with van der Waals surface area (Å²) < 4.78 is 10.8. The minimum atomic E-state index is -0.798. The largest absolute Gasteiger partial charge is 0.493 e. The number of ether oxygens (including phenoxy) is 2. The zero-order chi connectivity index (χ0) is 14.1. The molecule has 0 fully saturated rings. The maximum Gasteiger partial charge on any atom is 0.304 e. The van der Waals surface area contributed by atoms with Gasteiger partial charge in [-0.25, -0.2) is 0 Å². The number of aliphatic carboxylic acids is 1. The Morgan fingerprint density at radius 1 is 1.37 bits per heavy atom. The number of rotatable bonds is 9. The highest BCUT2D eigenvalue weighted by Crippen LogP contribution is 2.28. The van der Waals surface area contributed by atoms with E-state index >= 15 is 0 Å². The van der Waals surface area contributed by atoms with Gasteiger partial charge in [-0.3, -0.25) is 4.79 Å². The third kappa shape index (κ3) is 5.61. The fraction of sp³-hybridized carbons (Fsp3) is 0.500. The molecule has 0 atom stereocenters. The Morgan fingerprint density at radius 3 is 2.79 bits per heavy atom. The van der Waals surface area contributed by atoms with Crippen LogP contribution < -0.4 is 14.8 Å². The molecule has 106 valence electrons. The molecule has 5 heteroatoms. The molecule has 1 aromatic rings. The Balaban J connectivity index is 2.53. The minimum Gasteiger partial charge on any atom is -0.493 e. The Bertz CT molecular complexity index is 406. The summed E-state index contributed by atoms with van der Waals surface area (Å²) in [5.41, 5.74) is 1.03. The molecule has 5 nitrogen and oxygen atoms in total. The van der Waals surface area contributed by atoms with E-state index < -0.39 is 5.97 Å². The standard InChI is InChI=1S/C14H21NO4/c1-3-8-19-12-5-4-11(9-13(12)18-2)10-15-7-6-14(16)17/h4-5,9,15H,3,6-8,10H2,1-2H3,(H,16,17). The van der Waals surface area contributed by atoms with Crippen LogP contribution in [0, 0.1) is 0 Å². The second-order valence-electron chi connectivity index (χ2n) is 4.15. The minimum absolute atomic E-state index is 0.120. The number of methoxy groups -OCH3 is 1. The van der Waals surface area contributed by atoms with E-state index in [4.69, 9.17) is 14.6 Å². The molecule has 19 heavy (non-hydrogen) atoms. The number of hydrogen-bond acceptors (Lipinski definition) is 4. The zero-order valence-corrected chi connectivity index (χ0v) is 11.4. The summed E-state index contributed by atoms with van der Waals surface area (Å²) >= 11 is 0. The van der Waals surface area contributed by atoms with Gasteiger partial charge in [0.05, 0.1) is 20.1 Å². The maximum atomic E-state index is 10.4. The van der Waals surface area contributed by atoms with E-state index in [0.29, 0.717) is 25.4 Å². The summed E-state index contributed by atoms with van der Waals surface area (Å²) in [6.45, 7) is 3.77. The summed E-state index contributed by atoms with van der Waals surface area (Å²) in [7, 11) is 1.61. The highest BCUT2D eigenvalue weighted by atomic mass is 16.5. The van der Waals surface area contributed by atoms with Gasteiger partial charge in [-0.1, -0.05) is 13.0 Å². The lowest BCUT2D eigenvalue weighted by atomic mass is 10.2. The molecule has 0 aliphatic carbocycles. The van der Waals surface area contributed by atoms with Crippen molar-refractivity contribution in [2.45, 2.75) is 26.3 Å². The van der Waals surface area contributed by atoms with Crippen molar-refractivity contribution in [1.82, 2.24) is 5.32 Å². The van der Waals surface area contributed by atoms with Gasteiger partial charge < -0.3 is 19.9 Å². The number of benzene rings is 1. The van der Waals surface area contributed by atoms with E-state index in [0.717, 1.165) is 17.7 Å². The van der Waals surface area contributed by atoms with Gasteiger partial charge in [0.15, 0.2) is 11.5 Å². The first-order valence-electron chi connectivity index (χ1n) is 6.39. The summed E-state index contributed by atoms with van der Waals surface area (Å²) in [5.74, 6) is 0.637. The van der Waals surface area contributed by atoms with Crippen molar-refractivity contribution in [2.24, 2.45) is 0 Å². The average Bonchev–Trinajstić information content (AvgIpc) is 2.41. The zero-order valence-electron chi connectivity index (χ0n) is 11.4. The molecule has 0 spiro atoms. The molecule has 1 rings (SSSR count). The molecule has 0 aliphatic rings. The van der Waals surface area contributed by atoms with Crippen molar-refractivity contribution in [1.29, 1.82) is 0 Å². The van der Waals surface area contributed by atoms with Gasteiger partial charge in [-0.15, -0.1) is 0 Å². The second-order valence-corrected chi connectivity index (χ2v) is 4.15. The van der Waals surface area contributed by atoms with Gasteiger partial charge in [0.2, 0.25) is 0 Å². The summed E-state index contributed by atoms with van der Waals surface area (Å²) in [5, 5.41) is 11.6. The number of carbonyl (C=O) groups is 1. The van der Waals surface area contributed by atoms with E-state index in [-0.39, 0.29) is 6.42 Å². The van der Waals surface area contributed by atoms with Crippen LogP contribution in [0.25, 0.3) is 0 Å². The second kappa shape index (κ2) is 8.37. The van der Waals surface area contributed by atoms with Crippen LogP contribution in [-0.2, 0) is 11.3 Å². The van der Waals surface area contributed by atoms with Crippen molar-refractivity contribution in [2.75, 3.05) is 20.3 Å². The van der Waals surface area contributed by atoms with Crippen molar-refractivity contribution in [3.8, 4) is 11.5 Å². The molecular formula is C14H21NO4. The monoisotopic (exact) mass is 267 g/mol. The van der Waals surface area contributed by atoms with Crippen molar-refractivity contribution < 1.29 is 19.4 Å². The Labute approximate surface area is 113 Å². The van der Waals surface area contributed by atoms with Crippen LogP contribution >= 0.6 is 0 Å². The van der Waals surface area contributed by atoms with E-state index in [2.05, 4.69) is 5.32 Å². The van der Waals surface area contributed by atoms with Gasteiger partial charge in [-0.2, -0.15) is 0 Å². The van der Waals surface area contributed by atoms with E-state index in [9.17, 15) is 4.79 Å². The van der Waals surface area contributed by atoms with Gasteiger partial charge >= 0.3 is 5.97 Å². The highest BCUT2D eigenvalue weighted by Gasteiger charge is 2.05. The Hall–Kier alpha value is -1.75. The molecule has 0 radical (unpaired) electrons. The molecule has 0 saturated heterocycles. The van der Waals surface area contributed by atoms with E-state index in [1.807, 2.05) is 25.1 Å². The molecule has 2 N–H and O–H groups in total. The highest BCUT2D eigenvalue weighted by molar-refractivity contribution is 5.66. The van der Waals surface area contributed by atoms with Gasteiger partial charge in [0.1, 0.15) is 0 Å². The normalized spacial score (nSPS) is 10.2. The maximum absolute atomic E-state index is 10.4. The molecule has 0 bridgehead atoms. The molecule has 0 heterocycles. The first kappa shape index (κ1) is 15.3. The SMILES string of the molecule is CCCOc1ccc(CNCCC(=O)O)cc1OC. The van der Waals surface area contributed by atoms with Crippen molar-refractivity contribution in [3.63, 3.8) is 0 Å². The van der Waals surface area contributed by atoms with Crippen LogP contribution in [0.15, 0.2) is 18.2 Å². The summed E-state index contributed by atoms with van der Waals surface area (Å²) in [6.07, 6.45) is 1.07. The third-order valence-electron chi connectivity index (χ3n) is 2.53. The van der Waals surface area contributed by atoms with E-state index in [1.54, 1.807) is 7.11 Å². The topological polar surface area (TPSA) is 67.8 Å². The summed E-state index contributed by atoms with van der Waals surface area (Å²) in [6, 6.07) is 5.72. The molecule has 0 unspecified atom stereocenters. The number of nitrogens with one attached hydrogen (secondary N) is 1. The van der Waals surface area contributed by atoms with Gasteiger partial charge in [0, 0.05) is 13.1 Å². The Kier molecular flexibility index (Phi) is 6.74. The molecule has 0 saturated carbocycles. The fourth-order valence-corrected chi connectivity index (χ4v) is 1.58. The van der Waals surface area contributed by atoms with E-state index in [1.165, 1.54) is 0 Å². The smallest absolute Gasteiger partial charge is 0.304 e. The van der Waals surface area contributed by atoms with Crippen LogP contribution in [0.1, 0.15) is 25.3 Å². The quantitative estimate of drug-likeness (QED) is 0.670. The molecular weight excluding hydrogens is 246 g/mol. The predicted molar refractivity (Wildman–Crippen MR) is 72.7 cm³/mol. The Morgan fingerprint density at radius 2 is 2.16 bits per heavy atom. The first-order chi connectivity index (χ1) is 9.17. The van der Waals surface area contributed by atoms with Crippen LogP contribution in [0.3, 0.4) is 0 Å². The molecule has 0 aliphatic heterocycles. The van der Waals surface area contributed by atoms with Crippen LogP contribution in [0.4, 0.5) is 0 Å². The lowest BCUT2D eigenvalue weighted by Gasteiger charge is -2.12. The molecule has 0 amide bonds. The average molecular weight is 267 g/mol. The molecule has 0 aromatic heterocycles. The number of carboxylic acid groups (broad SMARTS) is 1. The number of hydrogen-bond donors (Lipinski definition) is 2. The van der Waals surface area contributed by atoms with Crippen LogP contribution in [-0.4, -0.2) is 31.3 Å². The van der Waals surface area contributed by atoms with Crippen molar-refractivity contribution >= 4 is 5.97 Å². The lowest BCUT2D eigenvalue weighted by Crippen LogP contribution is -2.17. The predicted octanol–water partition coefficient (Wildman–Crippen LogP) is 2.05. The van der Waals surface area contributed by atoms with Crippen LogP contribution in [0.5, 0.6) is 11.5 Å². The lowest BCUT2D eigenvalue weighted by molar-refractivity contribution is -0.136. The summed E-state index contributed by atoms with van der Waals surface area (Å²) in [4.78, 5) is 10.4. The molecule has 1 aromatic carbocycles. The first-order valence-corrected chi connectivity index (χ1v) is 6.39. The van der Waals surface area contributed by atoms with Crippen molar-refractivity contribution in [3.05, 3.63) is 23.8 Å². The fourth-order valence-electron chi connectivity index (χ4n) is 1.58.